The number of rotatable bonds is 7. The van der Waals surface area contributed by atoms with Crippen LogP contribution in [0.2, 0.25) is 0 Å². The van der Waals surface area contributed by atoms with Gasteiger partial charge >= 0.3 is 0 Å². The van der Waals surface area contributed by atoms with Crippen molar-refractivity contribution in [1.82, 2.24) is 4.72 Å². The maximum atomic E-state index is 12.1. The van der Waals surface area contributed by atoms with Crippen molar-refractivity contribution in [3.8, 4) is 5.75 Å². The van der Waals surface area contributed by atoms with Crippen LogP contribution in [-0.4, -0.2) is 22.1 Å². The van der Waals surface area contributed by atoms with E-state index in [1.54, 1.807) is 31.4 Å². The molecule has 0 amide bonds. The first-order chi connectivity index (χ1) is 10.5. The average Bonchev–Trinajstić information content (AvgIpc) is 2.53. The summed E-state index contributed by atoms with van der Waals surface area (Å²) < 4.78 is 31.9. The van der Waals surface area contributed by atoms with E-state index in [0.717, 1.165) is 5.56 Å². The Morgan fingerprint density at radius 3 is 2.55 bits per heavy atom. The maximum absolute atomic E-state index is 12.1. The molecule has 0 saturated heterocycles. The highest BCUT2D eigenvalue weighted by Gasteiger charge is 2.14. The van der Waals surface area contributed by atoms with Gasteiger partial charge in [-0.3, -0.25) is 0 Å². The van der Waals surface area contributed by atoms with Gasteiger partial charge in [-0.15, -0.1) is 0 Å². The standard InChI is InChI=1S/C16H20N2O3S/c1-21-15-9-5-6-13(10-15)12-22(19,20)18-11-16(17)14-7-3-2-4-8-14/h2-10,16,18H,11-12,17H2,1H3. The summed E-state index contributed by atoms with van der Waals surface area (Å²) >= 11 is 0. The summed E-state index contributed by atoms with van der Waals surface area (Å²) in [6, 6.07) is 16.0. The van der Waals surface area contributed by atoms with Gasteiger partial charge in [0.15, 0.2) is 0 Å². The predicted molar refractivity (Wildman–Crippen MR) is 87.0 cm³/mol. The van der Waals surface area contributed by atoms with Crippen LogP contribution in [0, 0.1) is 0 Å². The van der Waals surface area contributed by atoms with E-state index in [2.05, 4.69) is 4.72 Å². The molecule has 0 radical (unpaired) electrons. The van der Waals surface area contributed by atoms with Gasteiger partial charge in [-0.25, -0.2) is 13.1 Å². The lowest BCUT2D eigenvalue weighted by Crippen LogP contribution is -2.32. The van der Waals surface area contributed by atoms with Gasteiger partial charge in [-0.05, 0) is 23.3 Å². The maximum Gasteiger partial charge on any atom is 0.215 e. The Morgan fingerprint density at radius 1 is 1.14 bits per heavy atom. The van der Waals surface area contributed by atoms with E-state index in [-0.39, 0.29) is 18.3 Å². The van der Waals surface area contributed by atoms with Crippen molar-refractivity contribution in [3.63, 3.8) is 0 Å². The first-order valence-corrected chi connectivity index (χ1v) is 8.56. The number of benzene rings is 2. The second kappa shape index (κ2) is 7.40. The molecule has 2 aromatic carbocycles. The topological polar surface area (TPSA) is 81.4 Å². The van der Waals surface area contributed by atoms with E-state index in [1.165, 1.54) is 0 Å². The lowest BCUT2D eigenvalue weighted by atomic mass is 10.1. The molecule has 6 heteroatoms. The van der Waals surface area contributed by atoms with E-state index in [1.807, 2.05) is 30.3 Å². The van der Waals surface area contributed by atoms with Crippen molar-refractivity contribution in [2.24, 2.45) is 5.73 Å². The van der Waals surface area contributed by atoms with E-state index in [9.17, 15) is 8.42 Å². The molecule has 0 aliphatic rings. The normalized spacial score (nSPS) is 12.8. The first-order valence-electron chi connectivity index (χ1n) is 6.91. The second-order valence-corrected chi connectivity index (χ2v) is 6.78. The number of nitrogens with one attached hydrogen (secondary N) is 1. The number of nitrogens with two attached hydrogens (primary N) is 1. The third kappa shape index (κ3) is 4.84. The molecule has 0 heterocycles. The smallest absolute Gasteiger partial charge is 0.215 e. The fraction of sp³-hybridized carbons (Fsp3) is 0.250. The number of sulfonamides is 1. The van der Waals surface area contributed by atoms with Crippen LogP contribution in [0.3, 0.4) is 0 Å². The Labute approximate surface area is 131 Å². The quantitative estimate of drug-likeness (QED) is 0.815. The number of methoxy groups -OCH3 is 1. The van der Waals surface area contributed by atoms with Crippen LogP contribution in [0.1, 0.15) is 17.2 Å². The summed E-state index contributed by atoms with van der Waals surface area (Å²) in [5, 5.41) is 0. The highest BCUT2D eigenvalue weighted by atomic mass is 32.2. The predicted octanol–water partition coefficient (Wildman–Crippen LogP) is 1.81. The molecule has 0 fully saturated rings. The van der Waals surface area contributed by atoms with Crippen molar-refractivity contribution in [3.05, 3.63) is 65.7 Å². The minimum Gasteiger partial charge on any atom is -0.497 e. The molecule has 22 heavy (non-hydrogen) atoms. The van der Waals surface area contributed by atoms with Gasteiger partial charge in [-0.1, -0.05) is 42.5 Å². The Morgan fingerprint density at radius 2 is 1.86 bits per heavy atom. The molecule has 0 spiro atoms. The summed E-state index contributed by atoms with van der Waals surface area (Å²) in [6.07, 6.45) is 0. The highest BCUT2D eigenvalue weighted by Crippen LogP contribution is 2.15. The minimum atomic E-state index is -3.45. The largest absolute Gasteiger partial charge is 0.497 e. The van der Waals surface area contributed by atoms with Crippen molar-refractivity contribution in [2.45, 2.75) is 11.8 Å². The first kappa shape index (κ1) is 16.5. The summed E-state index contributed by atoms with van der Waals surface area (Å²) in [7, 11) is -1.90. The molecular formula is C16H20N2O3S. The van der Waals surface area contributed by atoms with Crippen LogP contribution in [0.25, 0.3) is 0 Å². The van der Waals surface area contributed by atoms with Gasteiger partial charge in [0.2, 0.25) is 10.0 Å². The molecule has 3 N–H and O–H groups in total. The molecule has 0 bridgehead atoms. The van der Waals surface area contributed by atoms with Gasteiger partial charge in [0.1, 0.15) is 5.75 Å². The molecule has 1 atom stereocenters. The van der Waals surface area contributed by atoms with Gasteiger partial charge in [0, 0.05) is 12.6 Å². The average molecular weight is 320 g/mol. The summed E-state index contributed by atoms with van der Waals surface area (Å²) in [5.41, 5.74) is 7.56. The van der Waals surface area contributed by atoms with Crippen LogP contribution < -0.4 is 15.2 Å². The van der Waals surface area contributed by atoms with Crippen molar-refractivity contribution >= 4 is 10.0 Å². The molecule has 0 aliphatic carbocycles. The summed E-state index contributed by atoms with van der Waals surface area (Å²) in [4.78, 5) is 0. The van der Waals surface area contributed by atoms with E-state index in [4.69, 9.17) is 10.5 Å². The van der Waals surface area contributed by atoms with Crippen LogP contribution in [-0.2, 0) is 15.8 Å². The van der Waals surface area contributed by atoms with Crippen LogP contribution in [0.15, 0.2) is 54.6 Å². The molecule has 2 rings (SSSR count). The van der Waals surface area contributed by atoms with Crippen molar-refractivity contribution in [1.29, 1.82) is 0 Å². The van der Waals surface area contributed by atoms with Crippen molar-refractivity contribution < 1.29 is 13.2 Å². The Kier molecular flexibility index (Phi) is 5.54. The molecule has 118 valence electrons. The molecule has 1 unspecified atom stereocenters. The Balaban J connectivity index is 1.96. The van der Waals surface area contributed by atoms with Crippen LogP contribution >= 0.6 is 0 Å². The summed E-state index contributed by atoms with van der Waals surface area (Å²) in [6.45, 7) is 0.163. The third-order valence-corrected chi connectivity index (χ3v) is 4.56. The lowest BCUT2D eigenvalue weighted by Gasteiger charge is -2.13. The molecule has 5 nitrogen and oxygen atoms in total. The monoisotopic (exact) mass is 320 g/mol. The fourth-order valence-corrected chi connectivity index (χ4v) is 3.22. The number of hydrogen-bond acceptors (Lipinski definition) is 4. The summed E-state index contributed by atoms with van der Waals surface area (Å²) in [5.74, 6) is 0.528. The molecule has 0 aliphatic heterocycles. The van der Waals surface area contributed by atoms with E-state index >= 15 is 0 Å². The zero-order valence-electron chi connectivity index (χ0n) is 12.4. The van der Waals surface area contributed by atoms with Gasteiger partial charge in [0.25, 0.3) is 0 Å². The second-order valence-electron chi connectivity index (χ2n) is 4.98. The molecular weight excluding hydrogens is 300 g/mol. The Bertz CT molecular complexity index is 702. The zero-order chi connectivity index (χ0) is 16.0. The SMILES string of the molecule is COc1cccc(CS(=O)(=O)NCC(N)c2ccccc2)c1. The third-order valence-electron chi connectivity index (χ3n) is 3.24. The zero-order valence-corrected chi connectivity index (χ0v) is 13.2. The van der Waals surface area contributed by atoms with Crippen molar-refractivity contribution in [2.75, 3.05) is 13.7 Å². The lowest BCUT2D eigenvalue weighted by molar-refractivity contribution is 0.414. The van der Waals surface area contributed by atoms with E-state index in [0.29, 0.717) is 11.3 Å². The van der Waals surface area contributed by atoms with Gasteiger partial charge < -0.3 is 10.5 Å². The minimum absolute atomic E-state index is 0.105. The highest BCUT2D eigenvalue weighted by molar-refractivity contribution is 7.88. The van der Waals surface area contributed by atoms with Gasteiger partial charge in [-0.2, -0.15) is 0 Å². The molecule has 0 saturated carbocycles. The fourth-order valence-electron chi connectivity index (χ4n) is 2.07. The van der Waals surface area contributed by atoms with E-state index < -0.39 is 10.0 Å². The number of hydrogen-bond donors (Lipinski definition) is 2. The Hall–Kier alpha value is -1.89. The van der Waals surface area contributed by atoms with Crippen LogP contribution in [0.4, 0.5) is 0 Å². The molecule has 2 aromatic rings. The van der Waals surface area contributed by atoms with Gasteiger partial charge in [0.05, 0.1) is 12.9 Å². The van der Waals surface area contributed by atoms with Crippen LogP contribution in [0.5, 0.6) is 5.75 Å². The number of ether oxygens (including phenoxy) is 1. The molecule has 0 aromatic heterocycles.